The molecule has 0 unspecified atom stereocenters. The van der Waals surface area contributed by atoms with Gasteiger partial charge in [-0.05, 0) is 26.7 Å². The zero-order chi connectivity index (χ0) is 11.5. The molecule has 0 saturated carbocycles. The lowest BCUT2D eigenvalue weighted by molar-refractivity contribution is -0.120. The fourth-order valence-electron chi connectivity index (χ4n) is 2.07. The first kappa shape index (κ1) is 12.5. The number of hydrogen-bond acceptors (Lipinski definition) is 3. The van der Waals surface area contributed by atoms with Crippen LogP contribution in [0.5, 0.6) is 0 Å². The minimum Gasteiger partial charge on any atom is -0.389 e. The molecule has 0 bridgehead atoms. The van der Waals surface area contributed by atoms with Gasteiger partial charge in [-0.25, -0.2) is 0 Å². The van der Waals surface area contributed by atoms with Crippen LogP contribution in [0.4, 0.5) is 0 Å². The predicted molar refractivity (Wildman–Crippen MR) is 59.6 cm³/mol. The Bertz CT molecular complexity index is 215. The first-order chi connectivity index (χ1) is 6.87. The quantitative estimate of drug-likeness (QED) is 0.713. The van der Waals surface area contributed by atoms with Crippen molar-refractivity contribution in [3.05, 3.63) is 0 Å². The first-order valence-corrected chi connectivity index (χ1v) is 5.59. The van der Waals surface area contributed by atoms with Crippen molar-refractivity contribution in [3.63, 3.8) is 0 Å². The van der Waals surface area contributed by atoms with E-state index in [0.717, 1.165) is 25.9 Å². The lowest BCUT2D eigenvalue weighted by Crippen LogP contribution is -2.47. The molecule has 1 saturated heterocycles. The van der Waals surface area contributed by atoms with Gasteiger partial charge >= 0.3 is 0 Å². The van der Waals surface area contributed by atoms with E-state index >= 15 is 0 Å². The van der Waals surface area contributed by atoms with Crippen molar-refractivity contribution in [3.8, 4) is 0 Å². The van der Waals surface area contributed by atoms with E-state index in [2.05, 4.69) is 10.2 Å². The normalized spacial score (nSPS) is 20.3. The largest absolute Gasteiger partial charge is 0.389 e. The first-order valence-electron chi connectivity index (χ1n) is 5.59. The topological polar surface area (TPSA) is 52.6 Å². The van der Waals surface area contributed by atoms with E-state index in [-0.39, 0.29) is 5.91 Å². The van der Waals surface area contributed by atoms with Crippen molar-refractivity contribution in [2.24, 2.45) is 0 Å². The molecule has 1 fully saturated rings. The summed E-state index contributed by atoms with van der Waals surface area (Å²) in [5, 5.41) is 12.6. The Labute approximate surface area is 91.6 Å². The average Bonchev–Trinajstić information content (AvgIpc) is 2.05. The van der Waals surface area contributed by atoms with Gasteiger partial charge in [0.1, 0.15) is 0 Å². The summed E-state index contributed by atoms with van der Waals surface area (Å²) in [6.45, 7) is 7.83. The van der Waals surface area contributed by atoms with Gasteiger partial charge in [0.2, 0.25) is 5.91 Å². The number of nitrogens with zero attached hydrogens (tertiary/aromatic N) is 1. The fourth-order valence-corrected chi connectivity index (χ4v) is 2.07. The van der Waals surface area contributed by atoms with E-state index < -0.39 is 5.60 Å². The number of carbonyl (C=O) groups is 1. The number of hydrogen-bond donors (Lipinski definition) is 2. The summed E-state index contributed by atoms with van der Waals surface area (Å²) in [6, 6.07) is 0.320. The standard InChI is InChI=1S/C11H22N2O2/c1-9(14)12-10-4-6-13(7-5-10)8-11(2,3)15/h10,15H,4-8H2,1-3H3,(H,12,14). The van der Waals surface area contributed by atoms with E-state index in [1.165, 1.54) is 0 Å². The molecule has 1 heterocycles. The number of aliphatic hydroxyl groups is 1. The highest BCUT2D eigenvalue weighted by Gasteiger charge is 2.23. The molecule has 1 aliphatic heterocycles. The summed E-state index contributed by atoms with van der Waals surface area (Å²) < 4.78 is 0. The van der Waals surface area contributed by atoms with E-state index in [4.69, 9.17) is 0 Å². The van der Waals surface area contributed by atoms with Crippen LogP contribution in [0.25, 0.3) is 0 Å². The van der Waals surface area contributed by atoms with E-state index in [0.29, 0.717) is 12.6 Å². The van der Waals surface area contributed by atoms with Gasteiger partial charge in [0.25, 0.3) is 0 Å². The second-order valence-electron chi connectivity index (χ2n) is 5.06. The predicted octanol–water partition coefficient (Wildman–Crippen LogP) is 0.358. The van der Waals surface area contributed by atoms with Gasteiger partial charge in [0.15, 0.2) is 0 Å². The molecule has 1 rings (SSSR count). The summed E-state index contributed by atoms with van der Waals surface area (Å²) >= 11 is 0. The van der Waals surface area contributed by atoms with Crippen LogP contribution in [0.1, 0.15) is 33.6 Å². The van der Waals surface area contributed by atoms with Crippen LogP contribution in [0.15, 0.2) is 0 Å². The Kier molecular flexibility index (Phi) is 4.11. The SMILES string of the molecule is CC(=O)NC1CCN(CC(C)(C)O)CC1. The molecule has 0 radical (unpaired) electrons. The molecule has 0 aromatic rings. The summed E-state index contributed by atoms with van der Waals surface area (Å²) in [7, 11) is 0. The highest BCUT2D eigenvalue weighted by molar-refractivity contribution is 5.73. The number of likely N-dealkylation sites (tertiary alicyclic amines) is 1. The summed E-state index contributed by atoms with van der Waals surface area (Å²) in [6.07, 6.45) is 1.96. The van der Waals surface area contributed by atoms with Crippen LogP contribution in [-0.4, -0.2) is 47.2 Å². The van der Waals surface area contributed by atoms with E-state index in [1.54, 1.807) is 6.92 Å². The molecular formula is C11H22N2O2. The van der Waals surface area contributed by atoms with Gasteiger partial charge in [0.05, 0.1) is 5.60 Å². The number of carbonyl (C=O) groups excluding carboxylic acids is 1. The van der Waals surface area contributed by atoms with Crippen molar-refractivity contribution >= 4 is 5.91 Å². The van der Waals surface area contributed by atoms with Crippen LogP contribution < -0.4 is 5.32 Å². The van der Waals surface area contributed by atoms with Crippen LogP contribution >= 0.6 is 0 Å². The maximum absolute atomic E-state index is 10.9. The van der Waals surface area contributed by atoms with Gasteiger partial charge in [-0.2, -0.15) is 0 Å². The lowest BCUT2D eigenvalue weighted by atomic mass is 10.0. The summed E-state index contributed by atoms with van der Waals surface area (Å²) in [5.74, 6) is 0.0518. The van der Waals surface area contributed by atoms with Crippen molar-refractivity contribution in [1.29, 1.82) is 0 Å². The Morgan fingerprint density at radius 3 is 2.40 bits per heavy atom. The Balaban J connectivity index is 2.27. The number of rotatable bonds is 3. The van der Waals surface area contributed by atoms with Crippen LogP contribution in [0.3, 0.4) is 0 Å². The number of piperidine rings is 1. The van der Waals surface area contributed by atoms with Crippen molar-refractivity contribution < 1.29 is 9.90 Å². The minimum atomic E-state index is -0.624. The van der Waals surface area contributed by atoms with E-state index in [1.807, 2.05) is 13.8 Å². The monoisotopic (exact) mass is 214 g/mol. The number of amides is 1. The zero-order valence-corrected chi connectivity index (χ0v) is 9.92. The van der Waals surface area contributed by atoms with Crippen molar-refractivity contribution in [2.45, 2.75) is 45.3 Å². The molecule has 2 N–H and O–H groups in total. The summed E-state index contributed by atoms with van der Waals surface area (Å²) in [4.78, 5) is 13.1. The van der Waals surface area contributed by atoms with Gasteiger partial charge in [-0.15, -0.1) is 0 Å². The van der Waals surface area contributed by atoms with Crippen molar-refractivity contribution in [1.82, 2.24) is 10.2 Å². The lowest BCUT2D eigenvalue weighted by Gasteiger charge is -2.35. The molecule has 4 nitrogen and oxygen atoms in total. The molecule has 0 aromatic carbocycles. The Morgan fingerprint density at radius 1 is 1.47 bits per heavy atom. The second-order valence-corrected chi connectivity index (χ2v) is 5.06. The second kappa shape index (κ2) is 4.94. The molecule has 4 heteroatoms. The van der Waals surface area contributed by atoms with Gasteiger partial charge in [-0.3, -0.25) is 4.79 Å². The third kappa shape index (κ3) is 5.14. The molecular weight excluding hydrogens is 192 g/mol. The Hall–Kier alpha value is -0.610. The van der Waals surface area contributed by atoms with Gasteiger partial charge in [-0.1, -0.05) is 0 Å². The van der Waals surface area contributed by atoms with Crippen LogP contribution in [0, 0.1) is 0 Å². The van der Waals surface area contributed by atoms with Gasteiger partial charge < -0.3 is 15.3 Å². The summed E-state index contributed by atoms with van der Waals surface area (Å²) in [5.41, 5.74) is -0.624. The molecule has 0 aromatic heterocycles. The fraction of sp³-hybridized carbons (Fsp3) is 0.909. The average molecular weight is 214 g/mol. The minimum absolute atomic E-state index is 0.0518. The number of nitrogens with one attached hydrogen (secondary N) is 1. The zero-order valence-electron chi connectivity index (χ0n) is 9.92. The Morgan fingerprint density at radius 2 is 2.00 bits per heavy atom. The van der Waals surface area contributed by atoms with E-state index in [9.17, 15) is 9.90 Å². The maximum atomic E-state index is 10.9. The molecule has 1 aliphatic rings. The molecule has 0 aliphatic carbocycles. The molecule has 0 atom stereocenters. The van der Waals surface area contributed by atoms with Crippen molar-refractivity contribution in [2.75, 3.05) is 19.6 Å². The maximum Gasteiger partial charge on any atom is 0.217 e. The highest BCUT2D eigenvalue weighted by atomic mass is 16.3. The third-order valence-electron chi connectivity index (χ3n) is 2.61. The highest BCUT2D eigenvalue weighted by Crippen LogP contribution is 2.13. The van der Waals surface area contributed by atoms with Crippen LogP contribution in [0.2, 0.25) is 0 Å². The van der Waals surface area contributed by atoms with Gasteiger partial charge in [0, 0.05) is 32.6 Å². The molecule has 1 amide bonds. The molecule has 88 valence electrons. The van der Waals surface area contributed by atoms with Crippen LogP contribution in [-0.2, 0) is 4.79 Å². The smallest absolute Gasteiger partial charge is 0.217 e. The molecule has 0 spiro atoms. The molecule has 15 heavy (non-hydrogen) atoms. The number of β-amino-alcohol motifs (C(OH)–C–C–N with tert-alkyl or cyclic N) is 1. The third-order valence-corrected chi connectivity index (χ3v) is 2.61.